The van der Waals surface area contributed by atoms with Crippen molar-refractivity contribution in [3.8, 4) is 0 Å². The van der Waals surface area contributed by atoms with E-state index in [0.717, 1.165) is 22.9 Å². The van der Waals surface area contributed by atoms with E-state index in [0.29, 0.717) is 6.04 Å². The van der Waals surface area contributed by atoms with Gasteiger partial charge in [-0.2, -0.15) is 11.8 Å². The molecule has 0 aliphatic heterocycles. The summed E-state index contributed by atoms with van der Waals surface area (Å²) in [4.78, 5) is 0. The molecule has 1 aromatic rings. The fourth-order valence-corrected chi connectivity index (χ4v) is 1.90. The zero-order valence-corrected chi connectivity index (χ0v) is 9.60. The number of nitrogen functional groups attached to an aromatic ring is 1. The lowest BCUT2D eigenvalue weighted by atomic mass is 10.2. The third kappa shape index (κ3) is 3.50. The molecule has 0 aromatic heterocycles. The van der Waals surface area contributed by atoms with Gasteiger partial charge < -0.3 is 11.1 Å². The van der Waals surface area contributed by atoms with Crippen molar-refractivity contribution in [2.75, 3.05) is 22.6 Å². The monoisotopic (exact) mass is 210 g/mol. The molecule has 0 saturated heterocycles. The van der Waals surface area contributed by atoms with Gasteiger partial charge in [-0.05, 0) is 24.8 Å². The first-order chi connectivity index (χ1) is 6.74. The van der Waals surface area contributed by atoms with Crippen LogP contribution in [-0.2, 0) is 0 Å². The number of nitrogens with two attached hydrogens (primary N) is 1. The Balaban J connectivity index is 2.47. The van der Waals surface area contributed by atoms with Crippen LogP contribution < -0.4 is 11.1 Å². The summed E-state index contributed by atoms with van der Waals surface area (Å²) in [5.41, 5.74) is 7.69. The van der Waals surface area contributed by atoms with Gasteiger partial charge in [0.1, 0.15) is 0 Å². The second-order valence-corrected chi connectivity index (χ2v) is 4.61. The predicted octanol–water partition coefficient (Wildman–Crippen LogP) is 2.82. The molecule has 1 atom stereocenters. The zero-order chi connectivity index (χ0) is 10.4. The van der Waals surface area contributed by atoms with E-state index in [1.807, 2.05) is 36.0 Å². The zero-order valence-electron chi connectivity index (χ0n) is 8.79. The summed E-state index contributed by atoms with van der Waals surface area (Å²) in [6.07, 6.45) is 0. The lowest BCUT2D eigenvalue weighted by Gasteiger charge is -2.15. The Labute approximate surface area is 90.3 Å². The van der Waals surface area contributed by atoms with Gasteiger partial charge in [0.2, 0.25) is 0 Å². The molecule has 0 bridgehead atoms. The number of nitrogens with one attached hydrogen (secondary N) is 1. The standard InChI is InChI=1S/C11H18N2S/c1-3-14-8-9(2)13-11-7-5-4-6-10(11)12/h4-7,9,13H,3,8,12H2,1-2H3. The maximum atomic E-state index is 5.83. The van der Waals surface area contributed by atoms with Crippen molar-refractivity contribution in [2.24, 2.45) is 0 Å². The van der Waals surface area contributed by atoms with Gasteiger partial charge in [0.15, 0.2) is 0 Å². The maximum absolute atomic E-state index is 5.83. The summed E-state index contributed by atoms with van der Waals surface area (Å²) in [5, 5.41) is 3.40. The average molecular weight is 210 g/mol. The van der Waals surface area contributed by atoms with Crippen LogP contribution in [0, 0.1) is 0 Å². The quantitative estimate of drug-likeness (QED) is 0.734. The fourth-order valence-electron chi connectivity index (χ4n) is 1.23. The number of para-hydroxylation sites is 2. The van der Waals surface area contributed by atoms with Crippen LogP contribution in [0.2, 0.25) is 0 Å². The molecule has 0 heterocycles. The van der Waals surface area contributed by atoms with E-state index in [4.69, 9.17) is 5.73 Å². The highest BCUT2D eigenvalue weighted by molar-refractivity contribution is 7.99. The Morgan fingerprint density at radius 2 is 2.14 bits per heavy atom. The first-order valence-electron chi connectivity index (χ1n) is 4.92. The Morgan fingerprint density at radius 1 is 1.43 bits per heavy atom. The molecule has 2 nitrogen and oxygen atoms in total. The molecule has 78 valence electrons. The molecule has 0 saturated carbocycles. The van der Waals surface area contributed by atoms with Crippen LogP contribution in [0.3, 0.4) is 0 Å². The maximum Gasteiger partial charge on any atom is 0.0576 e. The molecule has 0 amide bonds. The number of benzene rings is 1. The van der Waals surface area contributed by atoms with Crippen LogP contribution in [0.25, 0.3) is 0 Å². The molecular weight excluding hydrogens is 192 g/mol. The highest BCUT2D eigenvalue weighted by Gasteiger charge is 2.03. The summed E-state index contributed by atoms with van der Waals surface area (Å²) < 4.78 is 0. The number of thioether (sulfide) groups is 1. The highest BCUT2D eigenvalue weighted by atomic mass is 32.2. The van der Waals surface area contributed by atoms with Crippen LogP contribution in [0.4, 0.5) is 11.4 Å². The van der Waals surface area contributed by atoms with Crippen molar-refractivity contribution in [2.45, 2.75) is 19.9 Å². The molecule has 0 fully saturated rings. The Morgan fingerprint density at radius 3 is 2.79 bits per heavy atom. The number of anilines is 2. The summed E-state index contributed by atoms with van der Waals surface area (Å²) in [7, 11) is 0. The lowest BCUT2D eigenvalue weighted by Crippen LogP contribution is -2.18. The van der Waals surface area contributed by atoms with Crippen LogP contribution in [0.15, 0.2) is 24.3 Å². The van der Waals surface area contributed by atoms with Gasteiger partial charge in [0, 0.05) is 11.8 Å². The van der Waals surface area contributed by atoms with Gasteiger partial charge >= 0.3 is 0 Å². The van der Waals surface area contributed by atoms with E-state index in [1.54, 1.807) is 0 Å². The molecule has 1 unspecified atom stereocenters. The second-order valence-electron chi connectivity index (χ2n) is 3.29. The smallest absolute Gasteiger partial charge is 0.0576 e. The van der Waals surface area contributed by atoms with E-state index in [9.17, 15) is 0 Å². The molecule has 0 aliphatic carbocycles. The fraction of sp³-hybridized carbons (Fsp3) is 0.455. The highest BCUT2D eigenvalue weighted by Crippen LogP contribution is 2.18. The number of hydrogen-bond acceptors (Lipinski definition) is 3. The van der Waals surface area contributed by atoms with E-state index in [-0.39, 0.29) is 0 Å². The van der Waals surface area contributed by atoms with Crippen LogP contribution in [0.5, 0.6) is 0 Å². The minimum absolute atomic E-state index is 0.463. The molecular formula is C11H18N2S. The minimum Gasteiger partial charge on any atom is -0.397 e. The first kappa shape index (κ1) is 11.2. The summed E-state index contributed by atoms with van der Waals surface area (Å²) in [5.74, 6) is 2.28. The SMILES string of the molecule is CCSCC(C)Nc1ccccc1N. The van der Waals surface area contributed by atoms with E-state index >= 15 is 0 Å². The molecule has 0 spiro atoms. The second kappa shape index (κ2) is 5.81. The molecule has 3 N–H and O–H groups in total. The van der Waals surface area contributed by atoms with Crippen molar-refractivity contribution < 1.29 is 0 Å². The van der Waals surface area contributed by atoms with E-state index in [2.05, 4.69) is 19.2 Å². The van der Waals surface area contributed by atoms with Gasteiger partial charge in [-0.1, -0.05) is 19.1 Å². The van der Waals surface area contributed by atoms with E-state index in [1.165, 1.54) is 0 Å². The van der Waals surface area contributed by atoms with Crippen molar-refractivity contribution in [3.63, 3.8) is 0 Å². The summed E-state index contributed by atoms with van der Waals surface area (Å²) >= 11 is 1.94. The molecule has 0 radical (unpaired) electrons. The third-order valence-corrected chi connectivity index (χ3v) is 3.08. The van der Waals surface area contributed by atoms with Crippen LogP contribution in [-0.4, -0.2) is 17.5 Å². The van der Waals surface area contributed by atoms with Crippen LogP contribution in [0.1, 0.15) is 13.8 Å². The lowest BCUT2D eigenvalue weighted by molar-refractivity contribution is 0.914. The number of hydrogen-bond donors (Lipinski definition) is 2. The minimum atomic E-state index is 0.463. The predicted molar refractivity (Wildman–Crippen MR) is 66.9 cm³/mol. The van der Waals surface area contributed by atoms with Gasteiger partial charge in [-0.25, -0.2) is 0 Å². The summed E-state index contributed by atoms with van der Waals surface area (Å²) in [6.45, 7) is 4.35. The largest absolute Gasteiger partial charge is 0.397 e. The van der Waals surface area contributed by atoms with Crippen molar-refractivity contribution >= 4 is 23.1 Å². The molecule has 1 aromatic carbocycles. The molecule has 14 heavy (non-hydrogen) atoms. The summed E-state index contributed by atoms with van der Waals surface area (Å²) in [6, 6.07) is 8.35. The Bertz CT molecular complexity index is 276. The van der Waals surface area contributed by atoms with Crippen molar-refractivity contribution in [1.82, 2.24) is 0 Å². The first-order valence-corrected chi connectivity index (χ1v) is 6.08. The Kier molecular flexibility index (Phi) is 4.66. The van der Waals surface area contributed by atoms with Gasteiger partial charge in [-0.15, -0.1) is 0 Å². The number of rotatable bonds is 5. The van der Waals surface area contributed by atoms with Gasteiger partial charge in [0.05, 0.1) is 11.4 Å². The Hall–Kier alpha value is -0.830. The normalized spacial score (nSPS) is 12.4. The van der Waals surface area contributed by atoms with Crippen LogP contribution >= 0.6 is 11.8 Å². The van der Waals surface area contributed by atoms with E-state index < -0.39 is 0 Å². The van der Waals surface area contributed by atoms with Gasteiger partial charge in [0.25, 0.3) is 0 Å². The molecule has 3 heteroatoms. The average Bonchev–Trinajstić information content (AvgIpc) is 2.18. The van der Waals surface area contributed by atoms with Gasteiger partial charge in [-0.3, -0.25) is 0 Å². The molecule has 0 aliphatic rings. The molecule has 1 rings (SSSR count). The van der Waals surface area contributed by atoms with Crippen molar-refractivity contribution in [1.29, 1.82) is 0 Å². The van der Waals surface area contributed by atoms with Crippen molar-refractivity contribution in [3.05, 3.63) is 24.3 Å². The third-order valence-electron chi connectivity index (χ3n) is 1.93. The topological polar surface area (TPSA) is 38.0 Å².